The lowest BCUT2D eigenvalue weighted by atomic mass is 10.0. The molecule has 1 aromatic rings. The van der Waals surface area contributed by atoms with Crippen LogP contribution in [-0.4, -0.2) is 32.7 Å². The minimum Gasteiger partial charge on any atom is -0.444 e. The summed E-state index contributed by atoms with van der Waals surface area (Å²) in [5.41, 5.74) is 0.617. The van der Waals surface area contributed by atoms with E-state index in [-0.39, 0.29) is 12.1 Å². The van der Waals surface area contributed by atoms with Gasteiger partial charge in [0.05, 0.1) is 24.3 Å². The normalized spacial score (nSPS) is 20.0. The molecule has 1 saturated heterocycles. The van der Waals surface area contributed by atoms with Crippen molar-refractivity contribution < 1.29 is 9.53 Å². The number of aromatic nitrogens is 2. The molecule has 0 radical (unpaired) electrons. The molecule has 94 valence electrons. The molecule has 2 heterocycles. The van der Waals surface area contributed by atoms with Crippen LogP contribution in [-0.2, 0) is 11.8 Å². The van der Waals surface area contributed by atoms with E-state index in [1.54, 1.807) is 17.4 Å². The van der Waals surface area contributed by atoms with Crippen LogP contribution in [0.15, 0.2) is 12.5 Å². The SMILES string of the molecule is Cn1cncc1C1CCN1C(=O)OC(C)(C)C. The zero-order valence-corrected chi connectivity index (χ0v) is 10.8. The summed E-state index contributed by atoms with van der Waals surface area (Å²) in [6.45, 7) is 6.39. The average Bonchev–Trinajstić information content (AvgIpc) is 2.46. The average molecular weight is 237 g/mol. The highest BCUT2D eigenvalue weighted by Crippen LogP contribution is 2.33. The number of aryl methyl sites for hydroxylation is 1. The summed E-state index contributed by atoms with van der Waals surface area (Å²) in [6, 6.07) is 0.109. The molecule has 1 aliphatic heterocycles. The van der Waals surface area contributed by atoms with Crippen molar-refractivity contribution in [2.45, 2.75) is 38.8 Å². The lowest BCUT2D eigenvalue weighted by Crippen LogP contribution is -2.47. The number of ether oxygens (including phenoxy) is 1. The third-order valence-corrected chi connectivity index (χ3v) is 2.84. The molecule has 0 aliphatic carbocycles. The first kappa shape index (κ1) is 12.0. The fraction of sp³-hybridized carbons (Fsp3) is 0.667. The van der Waals surface area contributed by atoms with E-state index in [0.29, 0.717) is 0 Å². The van der Waals surface area contributed by atoms with E-state index in [1.165, 1.54) is 0 Å². The summed E-state index contributed by atoms with van der Waals surface area (Å²) in [4.78, 5) is 17.8. The molecule has 1 aliphatic rings. The smallest absolute Gasteiger partial charge is 0.410 e. The van der Waals surface area contributed by atoms with Crippen LogP contribution in [0.2, 0.25) is 0 Å². The van der Waals surface area contributed by atoms with Gasteiger partial charge in [0, 0.05) is 13.6 Å². The van der Waals surface area contributed by atoms with E-state index in [1.807, 2.05) is 32.4 Å². The molecule has 17 heavy (non-hydrogen) atoms. The molecule has 5 nitrogen and oxygen atoms in total. The molecule has 1 amide bonds. The highest BCUT2D eigenvalue weighted by Gasteiger charge is 2.37. The molecule has 2 rings (SSSR count). The van der Waals surface area contributed by atoms with Crippen molar-refractivity contribution in [1.29, 1.82) is 0 Å². The lowest BCUT2D eigenvalue weighted by Gasteiger charge is -2.41. The van der Waals surface area contributed by atoms with Crippen molar-refractivity contribution in [3.63, 3.8) is 0 Å². The van der Waals surface area contributed by atoms with E-state index in [2.05, 4.69) is 4.98 Å². The van der Waals surface area contributed by atoms with Gasteiger partial charge in [0.2, 0.25) is 0 Å². The number of amides is 1. The number of nitrogens with zero attached hydrogens (tertiary/aromatic N) is 3. The quantitative estimate of drug-likeness (QED) is 0.751. The summed E-state index contributed by atoms with van der Waals surface area (Å²) in [6.07, 6.45) is 4.29. The van der Waals surface area contributed by atoms with Gasteiger partial charge in [0.15, 0.2) is 0 Å². The molecule has 1 fully saturated rings. The second-order valence-electron chi connectivity index (χ2n) is 5.41. The number of carbonyl (C=O) groups excluding carboxylic acids is 1. The van der Waals surface area contributed by atoms with Gasteiger partial charge in [0.1, 0.15) is 5.60 Å². The van der Waals surface area contributed by atoms with Gasteiger partial charge in [-0.1, -0.05) is 0 Å². The second kappa shape index (κ2) is 4.05. The van der Waals surface area contributed by atoms with Gasteiger partial charge in [-0.15, -0.1) is 0 Å². The van der Waals surface area contributed by atoms with Gasteiger partial charge in [-0.25, -0.2) is 9.78 Å². The highest BCUT2D eigenvalue weighted by molar-refractivity contribution is 5.69. The molecule has 0 N–H and O–H groups in total. The zero-order chi connectivity index (χ0) is 12.6. The van der Waals surface area contributed by atoms with Gasteiger partial charge in [-0.2, -0.15) is 0 Å². The Bertz CT molecular complexity index is 420. The van der Waals surface area contributed by atoms with Crippen LogP contribution in [0.1, 0.15) is 38.9 Å². The maximum Gasteiger partial charge on any atom is 0.410 e. The predicted octanol–water partition coefficient (Wildman–Crippen LogP) is 2.10. The van der Waals surface area contributed by atoms with E-state index in [9.17, 15) is 4.79 Å². The second-order valence-corrected chi connectivity index (χ2v) is 5.41. The van der Waals surface area contributed by atoms with Gasteiger partial charge in [-0.05, 0) is 27.2 Å². The molecule has 1 atom stereocenters. The van der Waals surface area contributed by atoms with Crippen LogP contribution in [0, 0.1) is 0 Å². The van der Waals surface area contributed by atoms with Crippen LogP contribution < -0.4 is 0 Å². The minimum absolute atomic E-state index is 0.109. The monoisotopic (exact) mass is 237 g/mol. The standard InChI is InChI=1S/C12H19N3O2/c1-12(2,3)17-11(16)15-6-5-9(15)10-7-13-8-14(10)4/h7-9H,5-6H2,1-4H3. The molecule has 1 unspecified atom stereocenters. The molecular weight excluding hydrogens is 218 g/mol. The van der Waals surface area contributed by atoms with Crippen molar-refractivity contribution in [1.82, 2.24) is 14.5 Å². The Labute approximate surface area is 101 Å². The van der Waals surface area contributed by atoms with Gasteiger partial charge >= 0.3 is 6.09 Å². The van der Waals surface area contributed by atoms with Crippen LogP contribution in [0.25, 0.3) is 0 Å². The predicted molar refractivity (Wildman–Crippen MR) is 63.5 cm³/mol. The van der Waals surface area contributed by atoms with E-state index in [4.69, 9.17) is 4.74 Å². The maximum atomic E-state index is 11.9. The zero-order valence-electron chi connectivity index (χ0n) is 10.8. The Kier molecular flexibility index (Phi) is 2.85. The molecule has 1 aromatic heterocycles. The fourth-order valence-corrected chi connectivity index (χ4v) is 1.92. The molecule has 5 heteroatoms. The first-order chi connectivity index (χ1) is 7.88. The van der Waals surface area contributed by atoms with Crippen LogP contribution in [0.3, 0.4) is 0 Å². The largest absolute Gasteiger partial charge is 0.444 e. The number of hydrogen-bond acceptors (Lipinski definition) is 3. The number of carbonyl (C=O) groups is 1. The van der Waals surface area contributed by atoms with Crippen molar-refractivity contribution in [2.24, 2.45) is 7.05 Å². The summed E-state index contributed by atoms with van der Waals surface area (Å²) >= 11 is 0. The topological polar surface area (TPSA) is 47.4 Å². The van der Waals surface area contributed by atoms with Crippen molar-refractivity contribution in [3.05, 3.63) is 18.2 Å². The first-order valence-corrected chi connectivity index (χ1v) is 5.84. The number of likely N-dealkylation sites (tertiary alicyclic amines) is 1. The Morgan fingerprint density at radius 3 is 2.65 bits per heavy atom. The van der Waals surface area contributed by atoms with Crippen LogP contribution in [0.5, 0.6) is 0 Å². The van der Waals surface area contributed by atoms with E-state index < -0.39 is 5.60 Å². The molecule has 0 aromatic carbocycles. The lowest BCUT2D eigenvalue weighted by molar-refractivity contribution is -0.00699. The Hall–Kier alpha value is -1.52. The minimum atomic E-state index is -0.441. The van der Waals surface area contributed by atoms with E-state index >= 15 is 0 Å². The molecular formula is C12H19N3O2. The summed E-state index contributed by atoms with van der Waals surface area (Å²) in [7, 11) is 1.94. The number of rotatable bonds is 1. The van der Waals surface area contributed by atoms with Gasteiger partial charge in [0.25, 0.3) is 0 Å². The Balaban J connectivity index is 2.05. The number of imidazole rings is 1. The van der Waals surface area contributed by atoms with Crippen molar-refractivity contribution in [2.75, 3.05) is 6.54 Å². The highest BCUT2D eigenvalue weighted by atomic mass is 16.6. The fourth-order valence-electron chi connectivity index (χ4n) is 1.92. The summed E-state index contributed by atoms with van der Waals surface area (Å²) < 4.78 is 7.31. The molecule has 0 spiro atoms. The molecule has 0 bridgehead atoms. The van der Waals surface area contributed by atoms with Crippen molar-refractivity contribution >= 4 is 6.09 Å². The Morgan fingerprint density at radius 2 is 2.24 bits per heavy atom. The Morgan fingerprint density at radius 1 is 1.53 bits per heavy atom. The van der Waals surface area contributed by atoms with Gasteiger partial charge in [-0.3, -0.25) is 4.90 Å². The van der Waals surface area contributed by atoms with Crippen LogP contribution in [0.4, 0.5) is 4.79 Å². The first-order valence-electron chi connectivity index (χ1n) is 5.84. The number of hydrogen-bond donors (Lipinski definition) is 0. The summed E-state index contributed by atoms with van der Waals surface area (Å²) in [5, 5.41) is 0. The van der Waals surface area contributed by atoms with Crippen LogP contribution >= 0.6 is 0 Å². The molecule has 0 saturated carbocycles. The van der Waals surface area contributed by atoms with Gasteiger partial charge < -0.3 is 9.30 Å². The third-order valence-electron chi connectivity index (χ3n) is 2.84. The maximum absolute atomic E-state index is 11.9. The summed E-state index contributed by atoms with van der Waals surface area (Å²) in [5.74, 6) is 0. The van der Waals surface area contributed by atoms with Crippen molar-refractivity contribution in [3.8, 4) is 0 Å². The third kappa shape index (κ3) is 2.43. The van der Waals surface area contributed by atoms with E-state index in [0.717, 1.165) is 18.7 Å².